The topological polar surface area (TPSA) is 105 Å². The van der Waals surface area contributed by atoms with Crippen molar-refractivity contribution >= 4 is 52.2 Å². The highest BCUT2D eigenvalue weighted by Gasteiger charge is 2.28. The Labute approximate surface area is 193 Å². The number of carbonyl (C=O) groups is 3. The number of hydrogen-bond donors (Lipinski definition) is 2. The first-order valence-electron chi connectivity index (χ1n) is 10.1. The lowest BCUT2D eigenvalue weighted by molar-refractivity contribution is -0.121. The number of benzene rings is 1. The molecule has 4 rings (SSSR count). The number of anilines is 2. The van der Waals surface area contributed by atoms with Crippen LogP contribution in [0.1, 0.15) is 38.6 Å². The van der Waals surface area contributed by atoms with Crippen molar-refractivity contribution in [2.75, 3.05) is 23.7 Å². The Morgan fingerprint density at radius 2 is 1.94 bits per heavy atom. The minimum atomic E-state index is -0.277. The van der Waals surface area contributed by atoms with E-state index < -0.39 is 0 Å². The van der Waals surface area contributed by atoms with Crippen LogP contribution in [0.2, 0.25) is 5.02 Å². The zero-order valence-electron chi connectivity index (χ0n) is 17.3. The van der Waals surface area contributed by atoms with Gasteiger partial charge >= 0.3 is 0 Å². The molecule has 3 heterocycles. The number of carbonyl (C=O) groups excluding carboxylic acids is 3. The highest BCUT2D eigenvalue weighted by Crippen LogP contribution is 2.27. The predicted octanol–water partition coefficient (Wildman–Crippen LogP) is 4.44. The van der Waals surface area contributed by atoms with Crippen LogP contribution in [0, 0.1) is 12.8 Å². The maximum atomic E-state index is 13.0. The van der Waals surface area contributed by atoms with Gasteiger partial charge in [-0.2, -0.15) is 0 Å². The van der Waals surface area contributed by atoms with Gasteiger partial charge in [0.05, 0.1) is 15.6 Å². The molecule has 0 unspecified atom stereocenters. The summed E-state index contributed by atoms with van der Waals surface area (Å²) >= 11 is 7.54. The third-order valence-corrected chi connectivity index (χ3v) is 6.44. The van der Waals surface area contributed by atoms with Gasteiger partial charge in [-0.25, -0.2) is 0 Å². The summed E-state index contributed by atoms with van der Waals surface area (Å²) in [7, 11) is 0. The van der Waals surface area contributed by atoms with E-state index in [1.54, 1.807) is 48.2 Å². The first kappa shape index (κ1) is 22.0. The fraction of sp³-hybridized carbons (Fsp3) is 0.273. The summed E-state index contributed by atoms with van der Waals surface area (Å²) in [6.45, 7) is 2.66. The minimum absolute atomic E-state index is 0.129. The van der Waals surface area contributed by atoms with Crippen molar-refractivity contribution in [2.24, 2.45) is 5.92 Å². The molecule has 10 heteroatoms. The number of hydrogen-bond acceptors (Lipinski definition) is 6. The minimum Gasteiger partial charge on any atom is -0.360 e. The molecule has 0 saturated carbocycles. The fourth-order valence-electron chi connectivity index (χ4n) is 3.53. The van der Waals surface area contributed by atoms with Crippen molar-refractivity contribution in [1.29, 1.82) is 0 Å². The Bertz CT molecular complexity index is 1140. The Morgan fingerprint density at radius 3 is 2.59 bits per heavy atom. The average molecular weight is 473 g/mol. The van der Waals surface area contributed by atoms with Crippen molar-refractivity contribution < 1.29 is 18.9 Å². The number of halogens is 1. The normalized spacial score (nSPS) is 14.2. The Kier molecular flexibility index (Phi) is 6.57. The summed E-state index contributed by atoms with van der Waals surface area (Å²) < 4.78 is 4.96. The summed E-state index contributed by atoms with van der Waals surface area (Å²) in [6.07, 6.45) is 1.09. The lowest BCUT2D eigenvalue weighted by Crippen LogP contribution is -2.41. The molecule has 1 aliphatic rings. The van der Waals surface area contributed by atoms with Crippen LogP contribution in [0.15, 0.2) is 46.3 Å². The summed E-state index contributed by atoms with van der Waals surface area (Å²) in [4.78, 5) is 40.1. The molecule has 1 aliphatic heterocycles. The zero-order valence-corrected chi connectivity index (χ0v) is 18.8. The van der Waals surface area contributed by atoms with Gasteiger partial charge in [-0.05, 0) is 49.4 Å². The van der Waals surface area contributed by atoms with E-state index in [-0.39, 0.29) is 23.6 Å². The van der Waals surface area contributed by atoms with E-state index in [0.717, 1.165) is 0 Å². The number of amides is 3. The molecule has 1 saturated heterocycles. The van der Waals surface area contributed by atoms with Crippen LogP contribution in [0.3, 0.4) is 0 Å². The first-order valence-corrected chi connectivity index (χ1v) is 11.3. The van der Waals surface area contributed by atoms with Crippen LogP contribution in [0.4, 0.5) is 11.5 Å². The highest BCUT2D eigenvalue weighted by atomic mass is 35.5. The van der Waals surface area contributed by atoms with Gasteiger partial charge in [0.2, 0.25) is 5.91 Å². The Morgan fingerprint density at radius 1 is 1.16 bits per heavy atom. The van der Waals surface area contributed by atoms with Crippen molar-refractivity contribution in [3.05, 3.63) is 63.0 Å². The van der Waals surface area contributed by atoms with Crippen molar-refractivity contribution in [3.63, 3.8) is 0 Å². The second-order valence-electron chi connectivity index (χ2n) is 7.50. The fourth-order valence-corrected chi connectivity index (χ4v) is 4.31. The van der Waals surface area contributed by atoms with E-state index >= 15 is 0 Å². The van der Waals surface area contributed by atoms with Gasteiger partial charge in [0.25, 0.3) is 11.8 Å². The van der Waals surface area contributed by atoms with E-state index in [1.165, 1.54) is 11.3 Å². The van der Waals surface area contributed by atoms with Crippen LogP contribution in [0.5, 0.6) is 0 Å². The molecular formula is C22H21ClN4O4S. The summed E-state index contributed by atoms with van der Waals surface area (Å²) in [5.74, 6) is 0.233. The zero-order chi connectivity index (χ0) is 22.7. The molecule has 1 aromatic carbocycles. The number of rotatable bonds is 5. The molecule has 0 radical (unpaired) electrons. The van der Waals surface area contributed by atoms with Crippen molar-refractivity contribution in [2.45, 2.75) is 19.8 Å². The quantitative estimate of drug-likeness (QED) is 0.571. The number of nitrogens with one attached hydrogen (secondary N) is 2. The SMILES string of the molecule is Cc1cc(NC(=O)C2CCN(C(=O)c3ccc(Cl)c(NC(=O)c4cccs4)c3)CC2)no1. The van der Waals surface area contributed by atoms with Gasteiger partial charge in [-0.15, -0.1) is 11.3 Å². The smallest absolute Gasteiger partial charge is 0.265 e. The number of piperidine rings is 1. The molecule has 0 aliphatic carbocycles. The number of nitrogens with zero attached hydrogens (tertiary/aromatic N) is 2. The van der Waals surface area contributed by atoms with Crippen molar-refractivity contribution in [3.8, 4) is 0 Å². The number of thiophene rings is 1. The van der Waals surface area contributed by atoms with Crippen LogP contribution in [-0.4, -0.2) is 40.9 Å². The predicted molar refractivity (Wildman–Crippen MR) is 122 cm³/mol. The standard InChI is InChI=1S/C22H21ClN4O4S/c1-13-11-19(26-31-13)25-20(28)14-6-8-27(9-7-14)22(30)15-4-5-16(23)17(12-15)24-21(29)18-3-2-10-32-18/h2-5,10-12,14H,6-9H2,1H3,(H,24,29)(H,25,26,28). The average Bonchev–Trinajstić information content (AvgIpc) is 3.47. The molecule has 0 bridgehead atoms. The van der Waals surface area contributed by atoms with E-state index in [2.05, 4.69) is 15.8 Å². The molecular weight excluding hydrogens is 452 g/mol. The third kappa shape index (κ3) is 5.00. The van der Waals surface area contributed by atoms with E-state index in [9.17, 15) is 14.4 Å². The maximum absolute atomic E-state index is 13.0. The van der Waals surface area contributed by atoms with Crippen LogP contribution < -0.4 is 10.6 Å². The third-order valence-electron chi connectivity index (χ3n) is 5.24. The molecule has 166 valence electrons. The second-order valence-corrected chi connectivity index (χ2v) is 8.86. The van der Waals surface area contributed by atoms with Gasteiger partial charge < -0.3 is 20.1 Å². The van der Waals surface area contributed by atoms with Crippen LogP contribution in [0.25, 0.3) is 0 Å². The number of aryl methyl sites for hydroxylation is 1. The lowest BCUT2D eigenvalue weighted by atomic mass is 9.95. The largest absolute Gasteiger partial charge is 0.360 e. The first-order chi connectivity index (χ1) is 15.4. The van der Waals surface area contributed by atoms with Gasteiger partial charge in [-0.1, -0.05) is 22.8 Å². The van der Waals surface area contributed by atoms with Gasteiger partial charge in [0, 0.05) is 30.6 Å². The lowest BCUT2D eigenvalue weighted by Gasteiger charge is -2.31. The molecule has 2 N–H and O–H groups in total. The summed E-state index contributed by atoms with van der Waals surface area (Å²) in [6, 6.07) is 9.98. The summed E-state index contributed by atoms with van der Waals surface area (Å²) in [5.41, 5.74) is 0.810. The number of likely N-dealkylation sites (tertiary alicyclic amines) is 1. The van der Waals surface area contributed by atoms with Gasteiger partial charge in [0.15, 0.2) is 5.82 Å². The van der Waals surface area contributed by atoms with E-state index in [0.29, 0.717) is 58.7 Å². The summed E-state index contributed by atoms with van der Waals surface area (Å²) in [5, 5.41) is 11.4. The molecule has 32 heavy (non-hydrogen) atoms. The monoisotopic (exact) mass is 472 g/mol. The molecule has 8 nitrogen and oxygen atoms in total. The van der Waals surface area contributed by atoms with Crippen molar-refractivity contribution in [1.82, 2.24) is 10.1 Å². The second kappa shape index (κ2) is 9.54. The van der Waals surface area contributed by atoms with Gasteiger partial charge in [0.1, 0.15) is 5.76 Å². The van der Waals surface area contributed by atoms with Crippen LogP contribution in [-0.2, 0) is 4.79 Å². The molecule has 2 aromatic heterocycles. The molecule has 1 fully saturated rings. The molecule has 0 atom stereocenters. The van der Waals surface area contributed by atoms with Crippen LogP contribution >= 0.6 is 22.9 Å². The molecule has 0 spiro atoms. The highest BCUT2D eigenvalue weighted by molar-refractivity contribution is 7.12. The molecule has 3 aromatic rings. The maximum Gasteiger partial charge on any atom is 0.265 e. The van der Waals surface area contributed by atoms with Gasteiger partial charge in [-0.3, -0.25) is 14.4 Å². The Hall–Kier alpha value is -3.17. The van der Waals surface area contributed by atoms with E-state index in [1.807, 2.05) is 5.38 Å². The van der Waals surface area contributed by atoms with E-state index in [4.69, 9.17) is 16.1 Å². The number of aromatic nitrogens is 1. The molecule has 3 amide bonds. The Balaban J connectivity index is 1.36.